The van der Waals surface area contributed by atoms with Crippen LogP contribution in [0.15, 0.2) is 41.4 Å². The fraction of sp³-hybridized carbons (Fsp3) is 0.333. The molecule has 0 amide bonds. The summed E-state index contributed by atoms with van der Waals surface area (Å²) in [5, 5.41) is 3.55. The minimum absolute atomic E-state index is 0.0899. The molecule has 0 spiro atoms. The number of nitrogens with one attached hydrogen (secondary N) is 1. The Balaban J connectivity index is 1.77. The number of hydrogen-bond acceptors (Lipinski definition) is 2. The Morgan fingerprint density at radius 2 is 2.26 bits per heavy atom. The molecule has 1 unspecified atom stereocenters. The minimum Gasteiger partial charge on any atom is -0.353 e. The van der Waals surface area contributed by atoms with Crippen molar-refractivity contribution in [2.75, 3.05) is 5.75 Å². The lowest BCUT2D eigenvalue weighted by Crippen LogP contribution is -2.25. The van der Waals surface area contributed by atoms with Gasteiger partial charge in [0.2, 0.25) is 0 Å². The van der Waals surface area contributed by atoms with Crippen LogP contribution >= 0.6 is 11.8 Å². The van der Waals surface area contributed by atoms with Crippen LogP contribution in [0.2, 0.25) is 0 Å². The summed E-state index contributed by atoms with van der Waals surface area (Å²) in [6, 6.07) is 9.79. The van der Waals surface area contributed by atoms with Gasteiger partial charge in [-0.3, -0.25) is 0 Å². The van der Waals surface area contributed by atoms with Crippen molar-refractivity contribution in [2.24, 2.45) is 7.05 Å². The molecular weight excluding hydrogens is 259 g/mol. The summed E-state index contributed by atoms with van der Waals surface area (Å²) in [6.07, 6.45) is 3.09. The van der Waals surface area contributed by atoms with Gasteiger partial charge in [0.05, 0.1) is 0 Å². The summed E-state index contributed by atoms with van der Waals surface area (Å²) < 4.78 is 15.9. The normalized spacial score (nSPS) is 18.3. The topological polar surface area (TPSA) is 17.0 Å². The first-order valence-corrected chi connectivity index (χ1v) is 7.49. The first-order chi connectivity index (χ1) is 9.25. The van der Waals surface area contributed by atoms with E-state index in [0.717, 1.165) is 29.2 Å². The second-order valence-corrected chi connectivity index (χ2v) is 5.94. The van der Waals surface area contributed by atoms with E-state index in [-0.39, 0.29) is 11.9 Å². The van der Waals surface area contributed by atoms with Crippen molar-refractivity contribution >= 4 is 11.8 Å². The molecule has 0 radical (unpaired) electrons. The molecule has 0 aliphatic carbocycles. The third-order valence-corrected chi connectivity index (χ3v) is 4.77. The zero-order valence-electron chi connectivity index (χ0n) is 10.9. The maximum Gasteiger partial charge on any atom is 0.137 e. The van der Waals surface area contributed by atoms with E-state index in [9.17, 15) is 4.39 Å². The lowest BCUT2D eigenvalue weighted by atomic mass is 10.0. The van der Waals surface area contributed by atoms with E-state index in [1.54, 1.807) is 23.9 Å². The third kappa shape index (κ3) is 2.55. The maximum absolute atomic E-state index is 13.8. The van der Waals surface area contributed by atoms with Gasteiger partial charge in [0.1, 0.15) is 5.82 Å². The number of nitrogens with zero attached hydrogens (tertiary/aromatic N) is 1. The van der Waals surface area contributed by atoms with Crippen LogP contribution in [-0.4, -0.2) is 10.3 Å². The summed E-state index contributed by atoms with van der Waals surface area (Å²) in [5.41, 5.74) is 2.35. The quantitative estimate of drug-likeness (QED) is 0.924. The molecule has 0 fully saturated rings. The SMILES string of the molecule is Cn1cccc1CNC1CCSc2c(F)cccc21. The molecule has 1 aromatic carbocycles. The predicted octanol–water partition coefficient (Wildman–Crippen LogP) is 3.49. The van der Waals surface area contributed by atoms with E-state index in [1.807, 2.05) is 25.4 Å². The molecule has 1 aliphatic heterocycles. The van der Waals surface area contributed by atoms with Crippen molar-refractivity contribution in [1.29, 1.82) is 0 Å². The van der Waals surface area contributed by atoms with Crippen LogP contribution in [0.5, 0.6) is 0 Å². The van der Waals surface area contributed by atoms with E-state index in [4.69, 9.17) is 0 Å². The van der Waals surface area contributed by atoms with E-state index in [0.29, 0.717) is 0 Å². The van der Waals surface area contributed by atoms with Crippen molar-refractivity contribution in [3.8, 4) is 0 Å². The fourth-order valence-electron chi connectivity index (χ4n) is 2.51. The van der Waals surface area contributed by atoms with Gasteiger partial charge in [0.25, 0.3) is 0 Å². The second-order valence-electron chi connectivity index (χ2n) is 4.84. The Morgan fingerprint density at radius 3 is 3.05 bits per heavy atom. The average molecular weight is 276 g/mol. The number of aryl methyl sites for hydroxylation is 1. The Labute approximate surface area is 117 Å². The Hall–Kier alpha value is -1.26. The molecule has 0 bridgehead atoms. The van der Waals surface area contributed by atoms with E-state index in [2.05, 4.69) is 16.0 Å². The van der Waals surface area contributed by atoms with Crippen molar-refractivity contribution in [3.05, 3.63) is 53.6 Å². The highest BCUT2D eigenvalue weighted by atomic mass is 32.2. The fourth-order valence-corrected chi connectivity index (χ4v) is 3.65. The minimum atomic E-state index is -0.0899. The van der Waals surface area contributed by atoms with Crippen LogP contribution in [0.1, 0.15) is 23.7 Å². The van der Waals surface area contributed by atoms with E-state index >= 15 is 0 Å². The van der Waals surface area contributed by atoms with E-state index < -0.39 is 0 Å². The number of rotatable bonds is 3. The van der Waals surface area contributed by atoms with Crippen LogP contribution < -0.4 is 5.32 Å². The lowest BCUT2D eigenvalue weighted by molar-refractivity contribution is 0.488. The van der Waals surface area contributed by atoms with Gasteiger partial charge in [0.15, 0.2) is 0 Å². The molecule has 3 rings (SSSR count). The second kappa shape index (κ2) is 5.39. The van der Waals surface area contributed by atoms with Gasteiger partial charge in [-0.15, -0.1) is 11.8 Å². The van der Waals surface area contributed by atoms with Crippen LogP contribution in [-0.2, 0) is 13.6 Å². The number of aromatic nitrogens is 1. The highest BCUT2D eigenvalue weighted by molar-refractivity contribution is 7.99. The summed E-state index contributed by atoms with van der Waals surface area (Å²) >= 11 is 1.63. The average Bonchev–Trinajstić information content (AvgIpc) is 2.82. The molecule has 1 aliphatic rings. The zero-order chi connectivity index (χ0) is 13.2. The number of fused-ring (bicyclic) bond motifs is 1. The molecule has 2 heterocycles. The van der Waals surface area contributed by atoms with Crippen molar-refractivity contribution in [1.82, 2.24) is 9.88 Å². The van der Waals surface area contributed by atoms with Crippen molar-refractivity contribution < 1.29 is 4.39 Å². The van der Waals surface area contributed by atoms with Gasteiger partial charge in [-0.25, -0.2) is 4.39 Å². The first kappa shape index (κ1) is 12.8. The van der Waals surface area contributed by atoms with E-state index in [1.165, 1.54) is 5.69 Å². The molecule has 0 saturated carbocycles. The Bertz CT molecular complexity index is 579. The lowest BCUT2D eigenvalue weighted by Gasteiger charge is -2.26. The van der Waals surface area contributed by atoms with Gasteiger partial charge >= 0.3 is 0 Å². The maximum atomic E-state index is 13.8. The highest BCUT2D eigenvalue weighted by Crippen LogP contribution is 2.37. The smallest absolute Gasteiger partial charge is 0.137 e. The molecule has 1 atom stereocenters. The molecule has 1 N–H and O–H groups in total. The van der Waals surface area contributed by atoms with Gasteiger partial charge in [-0.2, -0.15) is 0 Å². The van der Waals surface area contributed by atoms with Gasteiger partial charge < -0.3 is 9.88 Å². The number of hydrogen-bond donors (Lipinski definition) is 1. The van der Waals surface area contributed by atoms with Crippen molar-refractivity contribution in [3.63, 3.8) is 0 Å². The molecule has 0 saturated heterocycles. The molecule has 19 heavy (non-hydrogen) atoms. The zero-order valence-corrected chi connectivity index (χ0v) is 11.7. The Morgan fingerprint density at radius 1 is 1.37 bits per heavy atom. The summed E-state index contributed by atoms with van der Waals surface area (Å²) in [6.45, 7) is 0.814. The monoisotopic (exact) mass is 276 g/mol. The predicted molar refractivity (Wildman–Crippen MR) is 76.7 cm³/mol. The van der Waals surface area contributed by atoms with Crippen molar-refractivity contribution in [2.45, 2.75) is 23.9 Å². The molecule has 2 aromatic rings. The molecule has 100 valence electrons. The van der Waals surface area contributed by atoms with Gasteiger partial charge in [0, 0.05) is 36.4 Å². The third-order valence-electron chi connectivity index (χ3n) is 3.61. The Kier molecular flexibility index (Phi) is 3.62. The molecule has 4 heteroatoms. The highest BCUT2D eigenvalue weighted by Gasteiger charge is 2.22. The van der Waals surface area contributed by atoms with Crippen LogP contribution in [0.3, 0.4) is 0 Å². The largest absolute Gasteiger partial charge is 0.353 e. The first-order valence-electron chi connectivity index (χ1n) is 6.50. The summed E-state index contributed by atoms with van der Waals surface area (Å²) in [4.78, 5) is 0.818. The molecule has 1 aromatic heterocycles. The van der Waals surface area contributed by atoms with Crippen LogP contribution in [0, 0.1) is 5.82 Å². The van der Waals surface area contributed by atoms with Crippen LogP contribution in [0.4, 0.5) is 4.39 Å². The number of thioether (sulfide) groups is 1. The summed E-state index contributed by atoms with van der Waals surface area (Å²) in [5.74, 6) is 0.881. The molecular formula is C15H17FN2S. The van der Waals surface area contributed by atoms with Gasteiger partial charge in [-0.05, 0) is 35.9 Å². The summed E-state index contributed by atoms with van der Waals surface area (Å²) in [7, 11) is 2.04. The standard InChI is InChI=1S/C15H17FN2S/c1-18-8-3-4-11(18)10-17-14-7-9-19-15-12(14)5-2-6-13(15)16/h2-6,8,14,17H,7,9-10H2,1H3. The van der Waals surface area contributed by atoms with Crippen LogP contribution in [0.25, 0.3) is 0 Å². The number of halogens is 1. The molecule has 2 nitrogen and oxygen atoms in total. The van der Waals surface area contributed by atoms with Gasteiger partial charge in [-0.1, -0.05) is 12.1 Å². The number of benzene rings is 1.